The highest BCUT2D eigenvalue weighted by atomic mass is 32.2. The summed E-state index contributed by atoms with van der Waals surface area (Å²) in [5.74, 6) is 1.47. The van der Waals surface area contributed by atoms with Crippen molar-refractivity contribution >= 4 is 22.2 Å². The Balaban J connectivity index is 1.88. The van der Waals surface area contributed by atoms with Gasteiger partial charge in [-0.3, -0.25) is 9.67 Å². The van der Waals surface area contributed by atoms with Crippen molar-refractivity contribution in [3.05, 3.63) is 40.4 Å². The van der Waals surface area contributed by atoms with E-state index in [0.29, 0.717) is 17.2 Å². The quantitative estimate of drug-likeness (QED) is 0.837. The number of nitrogens with zero attached hydrogens (tertiary/aromatic N) is 2. The molecule has 1 saturated carbocycles. The number of nitrogens with two attached hydrogens (primary N) is 1. The maximum atomic E-state index is 11.2. The molecule has 3 rings (SSSR count). The first-order valence-corrected chi connectivity index (χ1v) is 8.17. The van der Waals surface area contributed by atoms with E-state index in [1.807, 2.05) is 4.57 Å². The van der Waals surface area contributed by atoms with Crippen LogP contribution in [0.1, 0.15) is 30.1 Å². The molecule has 1 aliphatic rings. The summed E-state index contributed by atoms with van der Waals surface area (Å²) >= 11 is 5.23. The first-order chi connectivity index (χ1) is 9.45. The van der Waals surface area contributed by atoms with Crippen molar-refractivity contribution in [3.63, 3.8) is 0 Å². The van der Waals surface area contributed by atoms with Gasteiger partial charge >= 0.3 is 0 Å². The van der Waals surface area contributed by atoms with Crippen LogP contribution in [0, 0.1) is 4.77 Å². The molecule has 0 amide bonds. The smallest absolute Gasteiger partial charge is 0.238 e. The zero-order valence-corrected chi connectivity index (χ0v) is 12.2. The molecule has 6 nitrogen and oxygen atoms in total. The number of benzene rings is 1. The van der Waals surface area contributed by atoms with E-state index in [1.165, 1.54) is 12.1 Å². The molecule has 3 N–H and O–H groups in total. The third-order valence-electron chi connectivity index (χ3n) is 3.32. The Morgan fingerprint density at radius 1 is 1.35 bits per heavy atom. The summed E-state index contributed by atoms with van der Waals surface area (Å²) in [6.07, 6.45) is 2.29. The van der Waals surface area contributed by atoms with Gasteiger partial charge in [-0.1, -0.05) is 12.1 Å². The highest BCUT2D eigenvalue weighted by molar-refractivity contribution is 7.89. The fraction of sp³-hybridized carbons (Fsp3) is 0.333. The molecule has 0 unspecified atom stereocenters. The van der Waals surface area contributed by atoms with Crippen LogP contribution in [0.5, 0.6) is 0 Å². The average Bonchev–Trinajstić information content (AvgIpc) is 3.16. The van der Waals surface area contributed by atoms with Crippen LogP contribution < -0.4 is 5.14 Å². The van der Waals surface area contributed by atoms with Crippen LogP contribution in [0.3, 0.4) is 0 Å². The molecular formula is C12H14N4O2S2. The van der Waals surface area contributed by atoms with Crippen molar-refractivity contribution in [2.75, 3.05) is 0 Å². The lowest BCUT2D eigenvalue weighted by atomic mass is 10.2. The summed E-state index contributed by atoms with van der Waals surface area (Å²) in [7, 11) is -3.65. The topological polar surface area (TPSA) is 93.8 Å². The minimum atomic E-state index is -3.65. The maximum Gasteiger partial charge on any atom is 0.238 e. The molecule has 1 heterocycles. The van der Waals surface area contributed by atoms with Crippen molar-refractivity contribution in [1.82, 2.24) is 14.8 Å². The Hall–Kier alpha value is -1.51. The summed E-state index contributed by atoms with van der Waals surface area (Å²) in [5.41, 5.74) is 0.955. The number of nitrogens with one attached hydrogen (secondary N) is 1. The zero-order chi connectivity index (χ0) is 14.3. The number of hydrogen-bond acceptors (Lipinski definition) is 4. The zero-order valence-electron chi connectivity index (χ0n) is 10.6. The lowest BCUT2D eigenvalue weighted by Gasteiger charge is -2.07. The molecule has 0 aliphatic heterocycles. The summed E-state index contributed by atoms with van der Waals surface area (Å²) in [6, 6.07) is 6.49. The second-order valence-corrected chi connectivity index (χ2v) is 6.88. The molecule has 0 atom stereocenters. The number of hydrogen-bond donors (Lipinski definition) is 2. The molecule has 0 radical (unpaired) electrons. The van der Waals surface area contributed by atoms with E-state index >= 15 is 0 Å². The molecule has 0 bridgehead atoms. The van der Waals surface area contributed by atoms with E-state index in [1.54, 1.807) is 12.1 Å². The second kappa shape index (κ2) is 4.80. The minimum absolute atomic E-state index is 0.111. The first kappa shape index (κ1) is 13.5. The summed E-state index contributed by atoms with van der Waals surface area (Å²) in [6.45, 7) is 0.575. The first-order valence-electron chi connectivity index (χ1n) is 6.22. The maximum absolute atomic E-state index is 11.2. The minimum Gasteiger partial charge on any atom is -0.299 e. The van der Waals surface area contributed by atoms with Gasteiger partial charge < -0.3 is 0 Å². The van der Waals surface area contributed by atoms with Crippen molar-refractivity contribution in [3.8, 4) is 0 Å². The molecular weight excluding hydrogens is 296 g/mol. The van der Waals surface area contributed by atoms with E-state index in [4.69, 9.17) is 17.4 Å². The van der Waals surface area contributed by atoms with Gasteiger partial charge in [0.05, 0.1) is 11.4 Å². The normalized spacial score (nSPS) is 15.4. The van der Waals surface area contributed by atoms with Gasteiger partial charge in [-0.05, 0) is 42.8 Å². The largest absolute Gasteiger partial charge is 0.299 e. The van der Waals surface area contributed by atoms with Gasteiger partial charge in [-0.15, -0.1) is 0 Å². The Morgan fingerprint density at radius 2 is 2.00 bits per heavy atom. The fourth-order valence-electron chi connectivity index (χ4n) is 2.10. The molecule has 1 aromatic heterocycles. The second-order valence-electron chi connectivity index (χ2n) is 4.94. The molecule has 2 aromatic rings. The van der Waals surface area contributed by atoms with Gasteiger partial charge in [0.25, 0.3) is 0 Å². The van der Waals surface area contributed by atoms with E-state index in [2.05, 4.69) is 10.2 Å². The average molecular weight is 310 g/mol. The van der Waals surface area contributed by atoms with Crippen LogP contribution in [0.2, 0.25) is 0 Å². The number of primary sulfonamides is 1. The Kier molecular flexibility index (Phi) is 3.23. The third-order valence-corrected chi connectivity index (χ3v) is 4.56. The third kappa shape index (κ3) is 2.67. The molecule has 1 fully saturated rings. The number of aromatic amines is 1. The lowest BCUT2D eigenvalue weighted by molar-refractivity contribution is 0.597. The van der Waals surface area contributed by atoms with E-state index < -0.39 is 10.0 Å². The van der Waals surface area contributed by atoms with Gasteiger partial charge in [0.1, 0.15) is 5.82 Å². The van der Waals surface area contributed by atoms with E-state index in [-0.39, 0.29) is 4.90 Å². The molecule has 0 spiro atoms. The van der Waals surface area contributed by atoms with Crippen molar-refractivity contribution in [2.24, 2.45) is 5.14 Å². The summed E-state index contributed by atoms with van der Waals surface area (Å²) in [5, 5.41) is 12.1. The summed E-state index contributed by atoms with van der Waals surface area (Å²) in [4.78, 5) is 0.111. The van der Waals surface area contributed by atoms with Crippen molar-refractivity contribution < 1.29 is 8.42 Å². The van der Waals surface area contributed by atoms with Gasteiger partial charge in [-0.2, -0.15) is 5.10 Å². The Bertz CT molecular complexity index is 786. The van der Waals surface area contributed by atoms with Crippen LogP contribution in [0.25, 0.3) is 0 Å². The van der Waals surface area contributed by atoms with Gasteiger partial charge in [0.2, 0.25) is 10.0 Å². The monoisotopic (exact) mass is 310 g/mol. The predicted molar refractivity (Wildman–Crippen MR) is 76.3 cm³/mol. The SMILES string of the molecule is NS(=O)(=O)c1ccc(Cn2c(C3CC3)n[nH]c2=S)cc1. The number of H-pyrrole nitrogens is 1. The van der Waals surface area contributed by atoms with Crippen molar-refractivity contribution in [1.29, 1.82) is 0 Å². The number of aromatic nitrogens is 3. The predicted octanol–water partition coefficient (Wildman–Crippen LogP) is 1.51. The highest BCUT2D eigenvalue weighted by Gasteiger charge is 2.28. The van der Waals surface area contributed by atoms with Crippen LogP contribution in [-0.4, -0.2) is 23.2 Å². The molecule has 1 aliphatic carbocycles. The van der Waals surface area contributed by atoms with E-state index in [9.17, 15) is 8.42 Å². The fourth-order valence-corrected chi connectivity index (χ4v) is 2.82. The molecule has 106 valence electrons. The number of rotatable bonds is 4. The molecule has 20 heavy (non-hydrogen) atoms. The van der Waals surface area contributed by atoms with Crippen LogP contribution in [0.15, 0.2) is 29.2 Å². The van der Waals surface area contributed by atoms with Crippen LogP contribution in [-0.2, 0) is 16.6 Å². The lowest BCUT2D eigenvalue weighted by Crippen LogP contribution is -2.12. The Morgan fingerprint density at radius 3 is 2.55 bits per heavy atom. The summed E-state index contributed by atoms with van der Waals surface area (Å²) < 4.78 is 25.0. The van der Waals surface area contributed by atoms with Gasteiger partial charge in [-0.25, -0.2) is 13.6 Å². The van der Waals surface area contributed by atoms with Gasteiger partial charge in [0, 0.05) is 5.92 Å². The van der Waals surface area contributed by atoms with Crippen LogP contribution in [0.4, 0.5) is 0 Å². The molecule has 0 saturated heterocycles. The number of sulfonamides is 1. The Labute approximate surface area is 121 Å². The standard InChI is InChI=1S/C12H14N4O2S2/c13-20(17,18)10-5-1-8(2-6-10)7-16-11(9-3-4-9)14-15-12(16)19/h1-2,5-6,9H,3-4,7H2,(H,15,19)(H2,13,17,18). The van der Waals surface area contributed by atoms with Crippen LogP contribution >= 0.6 is 12.2 Å². The van der Waals surface area contributed by atoms with E-state index in [0.717, 1.165) is 24.2 Å². The van der Waals surface area contributed by atoms with Crippen molar-refractivity contribution in [2.45, 2.75) is 30.2 Å². The molecule has 8 heteroatoms. The highest BCUT2D eigenvalue weighted by Crippen LogP contribution is 2.39. The molecule has 1 aromatic carbocycles. The van der Waals surface area contributed by atoms with Gasteiger partial charge in [0.15, 0.2) is 4.77 Å².